The molecular formula is C13H17N3O2S. The average Bonchev–Trinajstić information content (AvgIpc) is 2.90. The highest BCUT2D eigenvalue weighted by Crippen LogP contribution is 2.17. The maximum Gasteiger partial charge on any atom is 0.242 e. The highest BCUT2D eigenvalue weighted by molar-refractivity contribution is 7.89. The van der Waals surface area contributed by atoms with Gasteiger partial charge in [0.1, 0.15) is 0 Å². The van der Waals surface area contributed by atoms with Crippen molar-refractivity contribution in [2.24, 2.45) is 0 Å². The van der Waals surface area contributed by atoms with Gasteiger partial charge in [-0.15, -0.1) is 0 Å². The minimum atomic E-state index is -3.35. The van der Waals surface area contributed by atoms with Crippen molar-refractivity contribution in [3.63, 3.8) is 0 Å². The van der Waals surface area contributed by atoms with E-state index in [1.807, 2.05) is 18.5 Å². The van der Waals surface area contributed by atoms with Gasteiger partial charge in [-0.25, -0.2) is 12.7 Å². The fourth-order valence-electron chi connectivity index (χ4n) is 1.63. The first-order chi connectivity index (χ1) is 9.00. The Kier molecular flexibility index (Phi) is 3.92. The molecule has 0 aliphatic rings. The number of rotatable bonds is 5. The Morgan fingerprint density at radius 2 is 1.84 bits per heavy atom. The molecule has 0 saturated heterocycles. The Bertz CT molecular complexity index is 616. The zero-order valence-electron chi connectivity index (χ0n) is 10.9. The Morgan fingerprint density at radius 1 is 1.16 bits per heavy atom. The zero-order chi connectivity index (χ0) is 13.9. The summed E-state index contributed by atoms with van der Waals surface area (Å²) in [7, 11) is -0.309. The van der Waals surface area contributed by atoms with Crippen LogP contribution in [0.1, 0.15) is 5.56 Å². The van der Waals surface area contributed by atoms with Gasteiger partial charge in [-0.3, -0.25) is 0 Å². The van der Waals surface area contributed by atoms with Gasteiger partial charge in [0.2, 0.25) is 10.0 Å². The number of nitrogens with zero attached hydrogens (tertiary/aromatic N) is 1. The van der Waals surface area contributed by atoms with Crippen molar-refractivity contribution in [1.82, 2.24) is 9.29 Å². The van der Waals surface area contributed by atoms with Crippen LogP contribution in [0.15, 0.2) is 47.6 Å². The van der Waals surface area contributed by atoms with Crippen LogP contribution in [0, 0.1) is 0 Å². The summed E-state index contributed by atoms with van der Waals surface area (Å²) in [5.41, 5.74) is 2.03. The molecule has 1 aromatic heterocycles. The van der Waals surface area contributed by atoms with Crippen LogP contribution in [0.4, 0.5) is 5.69 Å². The number of anilines is 1. The molecule has 0 atom stereocenters. The lowest BCUT2D eigenvalue weighted by Crippen LogP contribution is -2.22. The summed E-state index contributed by atoms with van der Waals surface area (Å²) in [6.07, 6.45) is 3.78. The molecule has 0 spiro atoms. The van der Waals surface area contributed by atoms with E-state index in [0.717, 1.165) is 11.3 Å². The van der Waals surface area contributed by atoms with Crippen LogP contribution in [0.2, 0.25) is 0 Å². The van der Waals surface area contributed by atoms with Gasteiger partial charge >= 0.3 is 0 Å². The van der Waals surface area contributed by atoms with Crippen LogP contribution in [-0.2, 0) is 16.6 Å². The van der Waals surface area contributed by atoms with E-state index in [-0.39, 0.29) is 0 Å². The van der Waals surface area contributed by atoms with E-state index in [1.165, 1.54) is 18.4 Å². The molecule has 0 aliphatic carbocycles. The largest absolute Gasteiger partial charge is 0.381 e. The summed E-state index contributed by atoms with van der Waals surface area (Å²) < 4.78 is 25.0. The van der Waals surface area contributed by atoms with Crippen LogP contribution in [0.5, 0.6) is 0 Å². The molecule has 6 heteroatoms. The lowest BCUT2D eigenvalue weighted by Gasteiger charge is -2.12. The van der Waals surface area contributed by atoms with E-state index in [2.05, 4.69) is 10.3 Å². The maximum atomic E-state index is 11.9. The van der Waals surface area contributed by atoms with Crippen molar-refractivity contribution in [3.05, 3.63) is 48.3 Å². The molecule has 2 N–H and O–H groups in total. The van der Waals surface area contributed by atoms with E-state index >= 15 is 0 Å². The third-order valence-electron chi connectivity index (χ3n) is 2.79. The summed E-state index contributed by atoms with van der Waals surface area (Å²) in [6.45, 7) is 0.698. The number of sulfonamides is 1. The fourth-order valence-corrected chi connectivity index (χ4v) is 2.53. The first-order valence-corrected chi connectivity index (χ1v) is 7.32. The molecule has 5 nitrogen and oxygen atoms in total. The summed E-state index contributed by atoms with van der Waals surface area (Å²) in [4.78, 5) is 3.28. The zero-order valence-corrected chi connectivity index (χ0v) is 11.7. The van der Waals surface area contributed by atoms with Crippen LogP contribution in [0.25, 0.3) is 0 Å². The number of hydrogen-bond donors (Lipinski definition) is 2. The van der Waals surface area contributed by atoms with Crippen molar-refractivity contribution in [3.8, 4) is 0 Å². The Labute approximate surface area is 113 Å². The van der Waals surface area contributed by atoms with Crippen LogP contribution in [0.3, 0.4) is 0 Å². The van der Waals surface area contributed by atoms with Crippen molar-refractivity contribution >= 4 is 15.7 Å². The number of aromatic amines is 1. The van der Waals surface area contributed by atoms with Gasteiger partial charge in [-0.2, -0.15) is 0 Å². The molecule has 0 bridgehead atoms. The number of hydrogen-bond acceptors (Lipinski definition) is 3. The second kappa shape index (κ2) is 5.46. The molecule has 2 aromatic rings. The van der Waals surface area contributed by atoms with E-state index in [4.69, 9.17) is 0 Å². The second-order valence-electron chi connectivity index (χ2n) is 4.38. The molecule has 0 radical (unpaired) electrons. The molecule has 0 unspecified atom stereocenters. The summed E-state index contributed by atoms with van der Waals surface area (Å²) >= 11 is 0. The van der Waals surface area contributed by atoms with Crippen molar-refractivity contribution in [2.75, 3.05) is 19.4 Å². The minimum absolute atomic E-state index is 0.296. The molecule has 1 aromatic carbocycles. The molecule has 0 amide bonds. The summed E-state index contributed by atoms with van der Waals surface area (Å²) in [5, 5.41) is 3.23. The maximum absolute atomic E-state index is 11.9. The van der Waals surface area contributed by atoms with Gasteiger partial charge in [0.15, 0.2) is 0 Å². The molecule has 1 heterocycles. The fraction of sp³-hybridized carbons (Fsp3) is 0.231. The SMILES string of the molecule is CN(C)S(=O)(=O)c1ccc(NCc2cc[nH]c2)cc1. The second-order valence-corrected chi connectivity index (χ2v) is 6.54. The minimum Gasteiger partial charge on any atom is -0.381 e. The Morgan fingerprint density at radius 3 is 2.37 bits per heavy atom. The lowest BCUT2D eigenvalue weighted by atomic mass is 10.3. The van der Waals surface area contributed by atoms with Gasteiger partial charge in [0.05, 0.1) is 4.90 Å². The molecule has 0 aliphatic heterocycles. The molecule has 19 heavy (non-hydrogen) atoms. The number of H-pyrrole nitrogens is 1. The van der Waals surface area contributed by atoms with Gasteiger partial charge in [0.25, 0.3) is 0 Å². The number of benzene rings is 1. The predicted molar refractivity (Wildman–Crippen MR) is 75.4 cm³/mol. The van der Waals surface area contributed by atoms with Crippen molar-refractivity contribution in [1.29, 1.82) is 0 Å². The van der Waals surface area contributed by atoms with E-state index in [1.54, 1.807) is 24.3 Å². The summed E-state index contributed by atoms with van der Waals surface area (Å²) in [6, 6.07) is 8.73. The Balaban J connectivity index is 2.07. The van der Waals surface area contributed by atoms with Gasteiger partial charge < -0.3 is 10.3 Å². The predicted octanol–water partition coefficient (Wildman–Crippen LogP) is 1.88. The first kappa shape index (κ1) is 13.6. The normalized spacial score (nSPS) is 11.7. The molecule has 0 fully saturated rings. The quantitative estimate of drug-likeness (QED) is 0.878. The number of nitrogens with one attached hydrogen (secondary N) is 2. The highest BCUT2D eigenvalue weighted by Gasteiger charge is 2.16. The third-order valence-corrected chi connectivity index (χ3v) is 4.62. The van der Waals surface area contributed by atoms with E-state index in [0.29, 0.717) is 11.4 Å². The molecule has 2 rings (SSSR count). The smallest absolute Gasteiger partial charge is 0.242 e. The van der Waals surface area contributed by atoms with Crippen LogP contribution >= 0.6 is 0 Å². The van der Waals surface area contributed by atoms with Crippen LogP contribution in [-0.4, -0.2) is 31.8 Å². The van der Waals surface area contributed by atoms with Crippen LogP contribution < -0.4 is 5.32 Å². The lowest BCUT2D eigenvalue weighted by molar-refractivity contribution is 0.521. The first-order valence-electron chi connectivity index (χ1n) is 5.88. The standard InChI is InChI=1S/C13H17N3O2S/c1-16(2)19(17,18)13-5-3-12(4-6-13)15-10-11-7-8-14-9-11/h3-9,14-15H,10H2,1-2H3. The van der Waals surface area contributed by atoms with Gasteiger partial charge in [-0.05, 0) is 35.9 Å². The average molecular weight is 279 g/mol. The van der Waals surface area contributed by atoms with Crippen molar-refractivity contribution < 1.29 is 8.42 Å². The highest BCUT2D eigenvalue weighted by atomic mass is 32.2. The number of aromatic nitrogens is 1. The Hall–Kier alpha value is -1.79. The van der Waals surface area contributed by atoms with E-state index in [9.17, 15) is 8.42 Å². The van der Waals surface area contributed by atoms with Gasteiger partial charge in [-0.1, -0.05) is 0 Å². The molecular weight excluding hydrogens is 262 g/mol. The summed E-state index contributed by atoms with van der Waals surface area (Å²) in [5.74, 6) is 0. The topological polar surface area (TPSA) is 65.2 Å². The van der Waals surface area contributed by atoms with Gasteiger partial charge in [0, 0.05) is 38.7 Å². The van der Waals surface area contributed by atoms with E-state index < -0.39 is 10.0 Å². The monoisotopic (exact) mass is 279 g/mol. The van der Waals surface area contributed by atoms with Crippen molar-refractivity contribution in [2.45, 2.75) is 11.4 Å². The molecule has 0 saturated carbocycles. The third kappa shape index (κ3) is 3.15. The molecule has 102 valence electrons.